The number of hydroxylamine groups is 1. The van der Waals surface area contributed by atoms with Crippen LogP contribution in [0.5, 0.6) is 5.75 Å². The van der Waals surface area contributed by atoms with E-state index in [9.17, 15) is 24.0 Å². The van der Waals surface area contributed by atoms with Gasteiger partial charge in [0.05, 0.1) is 16.7 Å². The summed E-state index contributed by atoms with van der Waals surface area (Å²) in [6.45, 7) is 8.11. The number of carbonyl (C=O) groups excluding carboxylic acids is 5. The minimum atomic E-state index is -0.794. The molecule has 0 saturated carbocycles. The number of anilines is 3. The predicted molar refractivity (Wildman–Crippen MR) is 203 cm³/mol. The van der Waals surface area contributed by atoms with Crippen LogP contribution in [0.3, 0.4) is 0 Å². The third-order valence-electron chi connectivity index (χ3n) is 9.60. The first-order valence-electron chi connectivity index (χ1n) is 18.1. The molecule has 3 aromatic carbocycles. The van der Waals surface area contributed by atoms with Gasteiger partial charge in [-0.05, 0) is 73.0 Å². The largest absolute Gasteiger partial charge is 0.372 e. The van der Waals surface area contributed by atoms with Crippen molar-refractivity contribution in [3.63, 3.8) is 0 Å². The molecular formula is C40H41N8O7. The van der Waals surface area contributed by atoms with Crippen LogP contribution in [0.4, 0.5) is 22.0 Å². The van der Waals surface area contributed by atoms with Crippen molar-refractivity contribution in [2.24, 2.45) is 0 Å². The van der Waals surface area contributed by atoms with Gasteiger partial charge in [-0.3, -0.25) is 34.0 Å². The summed E-state index contributed by atoms with van der Waals surface area (Å²) < 4.78 is 7.22. The Hall–Kier alpha value is -6.51. The molecule has 15 nitrogen and oxygen atoms in total. The number of hydrogen-bond acceptors (Lipinski definition) is 9. The molecule has 5 aromatic rings. The van der Waals surface area contributed by atoms with Gasteiger partial charge in [-0.25, -0.2) is 9.78 Å². The van der Waals surface area contributed by atoms with Crippen LogP contribution in [0.15, 0.2) is 77.6 Å². The molecule has 55 heavy (non-hydrogen) atoms. The van der Waals surface area contributed by atoms with Gasteiger partial charge in [0.15, 0.2) is 11.6 Å². The Kier molecular flexibility index (Phi) is 9.86. The zero-order valence-corrected chi connectivity index (χ0v) is 31.0. The van der Waals surface area contributed by atoms with Crippen molar-refractivity contribution in [2.75, 3.05) is 15.7 Å². The van der Waals surface area contributed by atoms with Crippen molar-refractivity contribution in [3.05, 3.63) is 97.0 Å². The summed E-state index contributed by atoms with van der Waals surface area (Å²) in [6, 6.07) is 18.0. The second-order valence-corrected chi connectivity index (χ2v) is 14.6. The van der Waals surface area contributed by atoms with Crippen molar-refractivity contribution in [1.29, 1.82) is 0 Å². The van der Waals surface area contributed by atoms with E-state index in [1.54, 1.807) is 54.9 Å². The Morgan fingerprint density at radius 3 is 2.53 bits per heavy atom. The minimum absolute atomic E-state index is 0.121. The molecule has 4 heterocycles. The van der Waals surface area contributed by atoms with Crippen LogP contribution >= 0.6 is 0 Å². The molecule has 0 spiro atoms. The summed E-state index contributed by atoms with van der Waals surface area (Å²) in [7, 11) is 3.55. The van der Waals surface area contributed by atoms with E-state index >= 15 is 0 Å². The van der Waals surface area contributed by atoms with Gasteiger partial charge in [0.25, 0.3) is 17.7 Å². The zero-order valence-electron chi connectivity index (χ0n) is 31.0. The molecule has 15 heteroatoms. The lowest BCUT2D eigenvalue weighted by Gasteiger charge is -2.33. The number of unbranched alkanes of at least 4 members (excludes halogenated alkanes) is 1. The van der Waals surface area contributed by atoms with Crippen molar-refractivity contribution in [1.82, 2.24) is 24.5 Å². The number of fused-ring (bicyclic) bond motifs is 2. The molecule has 1 fully saturated rings. The monoisotopic (exact) mass is 745 g/mol. The quantitative estimate of drug-likeness (QED) is 0.116. The number of piperidine rings is 1. The van der Waals surface area contributed by atoms with Gasteiger partial charge in [0.1, 0.15) is 18.1 Å². The van der Waals surface area contributed by atoms with Gasteiger partial charge in [0.2, 0.25) is 5.91 Å². The lowest BCUT2D eigenvalue weighted by molar-refractivity contribution is -0.149. The van der Waals surface area contributed by atoms with Crippen LogP contribution in [0.2, 0.25) is 0 Å². The van der Waals surface area contributed by atoms with Crippen LogP contribution in [-0.4, -0.2) is 60.2 Å². The summed E-state index contributed by atoms with van der Waals surface area (Å²) in [5.41, 5.74) is 4.03. The molecule has 7 rings (SSSR count). The number of hydrogen-bond donors (Lipinski definition) is 2. The third-order valence-corrected chi connectivity index (χ3v) is 9.60. The van der Waals surface area contributed by atoms with E-state index in [0.29, 0.717) is 51.8 Å². The topological polar surface area (TPSA) is 172 Å². The normalized spacial score (nSPS) is 15.7. The highest BCUT2D eigenvalue weighted by atomic mass is 16.7. The average Bonchev–Trinajstić information content (AvgIpc) is 3.89. The maximum Gasteiger partial charge on any atom is 0.324 e. The van der Waals surface area contributed by atoms with E-state index < -0.39 is 18.0 Å². The standard InChI is InChI=1S/C40H41N8O7/c1-6-7-8-36(50)48(27-13-15-29-24(19-27)22-46(37(29)51)32-17-18-35(49)45(5)38(32)52)55-28-14-16-31-30(20-28)41-23-47(31)26-11-9-25(10-12-26)42-39(53)43-34-21-33(54-44-34)40(2,3)4/h9-16,19-21,23,32H,5-8,17-18,22H2,1-4H3,(H2,42,43,44,53). The number of carbonyl (C=O) groups is 5. The lowest BCUT2D eigenvalue weighted by atomic mass is 9.93. The Morgan fingerprint density at radius 2 is 1.80 bits per heavy atom. The number of imidazole rings is 1. The van der Waals surface area contributed by atoms with Crippen molar-refractivity contribution >= 4 is 57.9 Å². The van der Waals surface area contributed by atoms with E-state index in [-0.39, 0.29) is 48.9 Å². The maximum absolute atomic E-state index is 13.5. The lowest BCUT2D eigenvalue weighted by Crippen LogP contribution is -2.52. The number of nitrogens with zero attached hydrogens (tertiary/aromatic N) is 6. The highest BCUT2D eigenvalue weighted by Gasteiger charge is 2.41. The Balaban J connectivity index is 1.06. The number of urea groups is 1. The molecule has 0 bridgehead atoms. The van der Waals surface area contributed by atoms with Crippen molar-refractivity contribution < 1.29 is 33.3 Å². The SMILES string of the molecule is [CH2]N1C(=O)CCC(N2Cc3cc(N(Oc4ccc5c(c4)ncn5-c4ccc(NC(=O)Nc5cc(C(C)(C)C)on5)cc4)C(=O)CCCC)ccc3C2=O)C1=O. The maximum atomic E-state index is 13.5. The minimum Gasteiger partial charge on any atom is -0.372 e. The highest BCUT2D eigenvalue weighted by Crippen LogP contribution is 2.33. The van der Waals surface area contributed by atoms with Gasteiger partial charge in [-0.15, -0.1) is 5.06 Å². The molecule has 283 valence electrons. The Labute approximate surface area is 317 Å². The van der Waals surface area contributed by atoms with Gasteiger partial charge in [-0.1, -0.05) is 39.3 Å². The van der Waals surface area contributed by atoms with Crippen LogP contribution in [-0.2, 0) is 26.3 Å². The van der Waals surface area contributed by atoms with Gasteiger partial charge in [-0.2, -0.15) is 0 Å². The van der Waals surface area contributed by atoms with Crippen LogP contribution in [0.25, 0.3) is 16.7 Å². The fourth-order valence-corrected chi connectivity index (χ4v) is 6.53. The first-order valence-corrected chi connectivity index (χ1v) is 18.1. The zero-order chi connectivity index (χ0) is 39.0. The van der Waals surface area contributed by atoms with Crippen molar-refractivity contribution in [2.45, 2.75) is 77.8 Å². The Morgan fingerprint density at radius 1 is 1.02 bits per heavy atom. The van der Waals surface area contributed by atoms with Gasteiger partial charge < -0.3 is 19.6 Å². The van der Waals surface area contributed by atoms with E-state index in [2.05, 4.69) is 27.8 Å². The summed E-state index contributed by atoms with van der Waals surface area (Å²) in [4.78, 5) is 77.4. The van der Waals surface area contributed by atoms with Crippen LogP contribution in [0.1, 0.15) is 81.5 Å². The number of benzene rings is 3. The van der Waals surface area contributed by atoms with Crippen LogP contribution in [0, 0.1) is 7.05 Å². The number of likely N-dealkylation sites (tertiary alicyclic amines) is 1. The molecule has 2 aliphatic rings. The Bertz CT molecular complexity index is 2310. The fourth-order valence-electron chi connectivity index (χ4n) is 6.53. The van der Waals surface area contributed by atoms with Crippen molar-refractivity contribution in [3.8, 4) is 11.4 Å². The molecular weight excluding hydrogens is 704 g/mol. The summed E-state index contributed by atoms with van der Waals surface area (Å²) in [5, 5.41) is 10.6. The van der Waals surface area contributed by atoms with Gasteiger partial charge in [0, 0.05) is 60.9 Å². The number of nitrogens with one attached hydrogen (secondary N) is 2. The van der Waals surface area contributed by atoms with E-state index in [1.165, 1.54) is 9.96 Å². The second kappa shape index (κ2) is 14.7. The molecule has 2 N–H and O–H groups in total. The summed E-state index contributed by atoms with van der Waals surface area (Å²) in [6.07, 6.45) is 3.73. The first-order chi connectivity index (χ1) is 26.3. The summed E-state index contributed by atoms with van der Waals surface area (Å²) in [5.74, 6) is -0.117. The molecule has 1 atom stereocenters. The van der Waals surface area contributed by atoms with Gasteiger partial charge >= 0.3 is 6.03 Å². The molecule has 1 radical (unpaired) electrons. The third kappa shape index (κ3) is 7.50. The predicted octanol–water partition coefficient (Wildman–Crippen LogP) is 6.74. The highest BCUT2D eigenvalue weighted by molar-refractivity contribution is 6.06. The van der Waals surface area contributed by atoms with E-state index in [0.717, 1.165) is 22.5 Å². The number of imide groups is 1. The second-order valence-electron chi connectivity index (χ2n) is 14.6. The molecule has 6 amide bonds. The van der Waals surface area contributed by atoms with E-state index in [1.807, 2.05) is 50.5 Å². The molecule has 2 aliphatic heterocycles. The average molecular weight is 746 g/mol. The molecule has 0 aliphatic carbocycles. The molecule has 2 aromatic heterocycles. The number of aromatic nitrogens is 3. The fraction of sp³-hybridized carbons (Fsp3) is 0.300. The number of amides is 6. The summed E-state index contributed by atoms with van der Waals surface area (Å²) >= 11 is 0. The van der Waals surface area contributed by atoms with Crippen LogP contribution < -0.4 is 20.5 Å². The first kappa shape index (κ1) is 36.8. The number of rotatable bonds is 10. The van der Waals surface area contributed by atoms with E-state index in [4.69, 9.17) is 9.36 Å². The smallest absolute Gasteiger partial charge is 0.324 e. The molecule has 1 unspecified atom stereocenters. The molecule has 1 saturated heterocycles.